The lowest BCUT2D eigenvalue weighted by Crippen LogP contribution is -2.42. The van der Waals surface area contributed by atoms with Crippen molar-refractivity contribution in [1.29, 1.82) is 5.41 Å². The maximum absolute atomic E-state index is 12.2. The van der Waals surface area contributed by atoms with Gasteiger partial charge in [-0.25, -0.2) is 9.59 Å². The highest BCUT2D eigenvalue weighted by molar-refractivity contribution is 5.89. The molecule has 3 rings (SSSR count). The molecule has 152 valence electrons. The predicted molar refractivity (Wildman–Crippen MR) is 101 cm³/mol. The zero-order valence-electron chi connectivity index (χ0n) is 15.5. The molecule has 0 saturated carbocycles. The fraction of sp³-hybridized carbons (Fsp3) is 0.500. The number of hydrogen-bond donors (Lipinski definition) is 4. The van der Waals surface area contributed by atoms with E-state index in [0.29, 0.717) is 45.6 Å². The first-order chi connectivity index (χ1) is 13.4. The molecule has 2 fully saturated rings. The molecule has 0 spiro atoms. The summed E-state index contributed by atoms with van der Waals surface area (Å²) in [5, 5.41) is 18.6. The summed E-state index contributed by atoms with van der Waals surface area (Å²) in [6.07, 6.45) is -0.805. The highest BCUT2D eigenvalue weighted by Gasteiger charge is 2.34. The molecule has 5 N–H and O–H groups in total. The van der Waals surface area contributed by atoms with Crippen LogP contribution in [0.25, 0.3) is 0 Å². The molecule has 28 heavy (non-hydrogen) atoms. The van der Waals surface area contributed by atoms with Crippen molar-refractivity contribution in [1.82, 2.24) is 10.2 Å². The second-order valence-corrected chi connectivity index (χ2v) is 6.93. The van der Waals surface area contributed by atoms with E-state index in [1.54, 1.807) is 4.90 Å². The van der Waals surface area contributed by atoms with Gasteiger partial charge in [0.2, 0.25) is 0 Å². The standard InChI is InChI=1S/C18H25N5O5/c19-16(20)21-9-12-1-3-13(4-2-12)23-11-15(27-17(23)24)10-22-7-5-14(6-8-22)28-18(25)26/h1-4,14-15H,5-11H2,(H,25,26)(H4,19,20,21). The highest BCUT2D eigenvalue weighted by atomic mass is 16.7. The van der Waals surface area contributed by atoms with Crippen LogP contribution in [0.15, 0.2) is 24.3 Å². The molecule has 2 aliphatic rings. The highest BCUT2D eigenvalue weighted by Crippen LogP contribution is 2.23. The Kier molecular flexibility index (Phi) is 6.19. The zero-order chi connectivity index (χ0) is 20.1. The number of benzene rings is 1. The van der Waals surface area contributed by atoms with Gasteiger partial charge in [0.25, 0.3) is 0 Å². The summed E-state index contributed by atoms with van der Waals surface area (Å²) in [6, 6.07) is 7.43. The molecule has 0 bridgehead atoms. The van der Waals surface area contributed by atoms with Crippen molar-refractivity contribution < 1.29 is 24.2 Å². The fourth-order valence-corrected chi connectivity index (χ4v) is 3.46. The smallest absolute Gasteiger partial charge is 0.450 e. The van der Waals surface area contributed by atoms with Crippen molar-refractivity contribution in [2.75, 3.05) is 31.1 Å². The number of nitrogens with one attached hydrogen (secondary N) is 2. The van der Waals surface area contributed by atoms with Gasteiger partial charge in [0.1, 0.15) is 12.2 Å². The maximum atomic E-state index is 12.2. The zero-order valence-corrected chi connectivity index (χ0v) is 15.5. The van der Waals surface area contributed by atoms with E-state index in [2.05, 4.69) is 10.2 Å². The van der Waals surface area contributed by atoms with Crippen LogP contribution in [-0.2, 0) is 16.0 Å². The summed E-state index contributed by atoms with van der Waals surface area (Å²) in [6.45, 7) is 2.95. The second-order valence-electron chi connectivity index (χ2n) is 6.93. The molecular formula is C18H25N5O5. The van der Waals surface area contributed by atoms with Gasteiger partial charge in [-0.2, -0.15) is 0 Å². The Morgan fingerprint density at radius 2 is 2.00 bits per heavy atom. The Hall–Kier alpha value is -3.01. The van der Waals surface area contributed by atoms with Gasteiger partial charge in [0, 0.05) is 31.9 Å². The molecule has 0 aliphatic carbocycles. The quantitative estimate of drug-likeness (QED) is 0.321. The lowest BCUT2D eigenvalue weighted by atomic mass is 10.1. The molecule has 1 aromatic rings. The molecule has 0 radical (unpaired) electrons. The third-order valence-electron chi connectivity index (χ3n) is 4.87. The van der Waals surface area contributed by atoms with Gasteiger partial charge in [-0.3, -0.25) is 15.2 Å². The molecule has 10 heteroatoms. The topological polar surface area (TPSA) is 141 Å². The van der Waals surface area contributed by atoms with E-state index in [4.69, 9.17) is 25.7 Å². The van der Waals surface area contributed by atoms with Gasteiger partial charge in [-0.1, -0.05) is 12.1 Å². The summed E-state index contributed by atoms with van der Waals surface area (Å²) >= 11 is 0. The van der Waals surface area contributed by atoms with Crippen LogP contribution in [0.5, 0.6) is 0 Å². The average Bonchev–Trinajstić information content (AvgIpc) is 3.02. The van der Waals surface area contributed by atoms with E-state index in [1.807, 2.05) is 24.3 Å². The number of carboxylic acid groups (broad SMARTS) is 1. The number of rotatable bonds is 6. The molecule has 1 amide bonds. The van der Waals surface area contributed by atoms with Crippen LogP contribution in [0.2, 0.25) is 0 Å². The number of anilines is 1. The molecule has 1 unspecified atom stereocenters. The number of cyclic esters (lactones) is 1. The van der Waals surface area contributed by atoms with Gasteiger partial charge in [-0.05, 0) is 30.5 Å². The summed E-state index contributed by atoms with van der Waals surface area (Å²) in [4.78, 5) is 26.6. The van der Waals surface area contributed by atoms with Crippen molar-refractivity contribution >= 4 is 23.9 Å². The number of amides is 1. The van der Waals surface area contributed by atoms with Crippen molar-refractivity contribution in [3.8, 4) is 0 Å². The average molecular weight is 391 g/mol. The largest absolute Gasteiger partial charge is 0.506 e. The molecule has 10 nitrogen and oxygen atoms in total. The SMILES string of the molecule is N=C(N)NCc1ccc(N2CC(CN3CCC(OC(=O)O)CC3)OC2=O)cc1. The van der Waals surface area contributed by atoms with Crippen molar-refractivity contribution in [2.45, 2.75) is 31.6 Å². The van der Waals surface area contributed by atoms with Gasteiger partial charge in [0.05, 0.1) is 6.54 Å². The molecule has 2 aliphatic heterocycles. The number of carbonyl (C=O) groups is 2. The summed E-state index contributed by atoms with van der Waals surface area (Å²) in [7, 11) is 0. The fourth-order valence-electron chi connectivity index (χ4n) is 3.46. The number of carbonyl (C=O) groups excluding carboxylic acids is 1. The first kappa shape index (κ1) is 19.7. The molecular weight excluding hydrogens is 366 g/mol. The number of nitrogens with zero attached hydrogens (tertiary/aromatic N) is 2. The van der Waals surface area contributed by atoms with Crippen LogP contribution in [0, 0.1) is 5.41 Å². The van der Waals surface area contributed by atoms with Crippen LogP contribution in [-0.4, -0.2) is 66.6 Å². The lowest BCUT2D eigenvalue weighted by Gasteiger charge is -2.31. The van der Waals surface area contributed by atoms with Crippen LogP contribution in [0.4, 0.5) is 15.3 Å². The van der Waals surface area contributed by atoms with E-state index in [-0.39, 0.29) is 24.3 Å². The maximum Gasteiger partial charge on any atom is 0.506 e. The molecule has 1 atom stereocenters. The van der Waals surface area contributed by atoms with E-state index < -0.39 is 6.16 Å². The van der Waals surface area contributed by atoms with E-state index >= 15 is 0 Å². The Balaban J connectivity index is 1.48. The minimum Gasteiger partial charge on any atom is -0.450 e. The Bertz CT molecular complexity index is 718. The Labute approximate surface area is 162 Å². The van der Waals surface area contributed by atoms with Crippen molar-refractivity contribution in [3.63, 3.8) is 0 Å². The number of guanidine groups is 1. The van der Waals surface area contributed by atoms with Crippen LogP contribution >= 0.6 is 0 Å². The number of ether oxygens (including phenoxy) is 2. The number of nitrogens with two attached hydrogens (primary N) is 1. The minimum atomic E-state index is -1.23. The van der Waals surface area contributed by atoms with Crippen LogP contribution in [0.3, 0.4) is 0 Å². The summed E-state index contributed by atoms with van der Waals surface area (Å²) < 4.78 is 10.3. The molecule has 2 saturated heterocycles. The normalized spacial score (nSPS) is 20.6. The minimum absolute atomic E-state index is 0.0893. The number of hydrogen-bond acceptors (Lipinski definition) is 6. The van der Waals surface area contributed by atoms with Crippen LogP contribution < -0.4 is 16.0 Å². The Morgan fingerprint density at radius 1 is 1.32 bits per heavy atom. The third-order valence-corrected chi connectivity index (χ3v) is 4.87. The monoisotopic (exact) mass is 391 g/mol. The van der Waals surface area contributed by atoms with Crippen molar-refractivity contribution in [2.24, 2.45) is 5.73 Å². The van der Waals surface area contributed by atoms with Crippen LogP contribution in [0.1, 0.15) is 18.4 Å². The van der Waals surface area contributed by atoms with E-state index in [1.165, 1.54) is 0 Å². The van der Waals surface area contributed by atoms with E-state index in [0.717, 1.165) is 11.3 Å². The third kappa shape index (κ3) is 5.26. The molecule has 2 heterocycles. The number of likely N-dealkylation sites (tertiary alicyclic amines) is 1. The van der Waals surface area contributed by atoms with Gasteiger partial charge in [-0.15, -0.1) is 0 Å². The first-order valence-electron chi connectivity index (χ1n) is 9.17. The molecule has 0 aromatic heterocycles. The summed E-state index contributed by atoms with van der Waals surface area (Å²) in [5.74, 6) is -0.0893. The summed E-state index contributed by atoms with van der Waals surface area (Å²) in [5.41, 5.74) is 6.98. The van der Waals surface area contributed by atoms with Crippen molar-refractivity contribution in [3.05, 3.63) is 29.8 Å². The number of piperidine rings is 1. The predicted octanol–water partition coefficient (Wildman–Crippen LogP) is 1.15. The lowest BCUT2D eigenvalue weighted by molar-refractivity contribution is 0.0125. The first-order valence-corrected chi connectivity index (χ1v) is 9.17. The van der Waals surface area contributed by atoms with Gasteiger partial charge >= 0.3 is 12.2 Å². The van der Waals surface area contributed by atoms with E-state index in [9.17, 15) is 9.59 Å². The molecule has 1 aromatic carbocycles. The van der Waals surface area contributed by atoms with Gasteiger partial charge < -0.3 is 25.6 Å². The Morgan fingerprint density at radius 3 is 2.61 bits per heavy atom. The second kappa shape index (κ2) is 8.79. The van der Waals surface area contributed by atoms with Gasteiger partial charge in [0.15, 0.2) is 5.96 Å².